The first kappa shape index (κ1) is 30.9. The Hall–Kier alpha value is -2.35. The van der Waals surface area contributed by atoms with Crippen LogP contribution < -0.4 is 0 Å². The van der Waals surface area contributed by atoms with E-state index in [1.165, 1.54) is 11.1 Å². The zero-order valence-electron chi connectivity index (χ0n) is 24.7. The summed E-state index contributed by atoms with van der Waals surface area (Å²) in [7, 11) is 0. The summed E-state index contributed by atoms with van der Waals surface area (Å²) in [5, 5.41) is 11.2. The summed E-state index contributed by atoms with van der Waals surface area (Å²) in [6, 6.07) is 10.8. The summed E-state index contributed by atoms with van der Waals surface area (Å²) in [6.45, 7) is 15.4. The van der Waals surface area contributed by atoms with Crippen LogP contribution in [0.15, 0.2) is 36.4 Å². The highest BCUT2D eigenvalue weighted by atomic mass is 16.3. The van der Waals surface area contributed by atoms with Gasteiger partial charge in [-0.15, -0.1) is 0 Å². The zero-order chi connectivity index (χ0) is 27.4. The third-order valence-electron chi connectivity index (χ3n) is 8.13. The fourth-order valence-electron chi connectivity index (χ4n) is 5.93. The lowest BCUT2D eigenvalue weighted by atomic mass is 9.82. The Morgan fingerprint density at radius 1 is 0.784 bits per heavy atom. The summed E-state index contributed by atoms with van der Waals surface area (Å²) in [5.74, 6) is 1.35. The van der Waals surface area contributed by atoms with Crippen LogP contribution >= 0.6 is 0 Å². The highest BCUT2D eigenvalue weighted by molar-refractivity contribution is 6.08. The number of ketones is 1. The Morgan fingerprint density at radius 2 is 1.38 bits per heavy atom. The molecule has 0 amide bonds. The molecule has 0 aromatic heterocycles. The monoisotopic (exact) mass is 504 g/mol. The van der Waals surface area contributed by atoms with Crippen molar-refractivity contribution in [3.05, 3.63) is 69.8 Å². The lowest BCUT2D eigenvalue weighted by Gasteiger charge is -2.23. The molecule has 1 N–H and O–H groups in total. The molecule has 0 aliphatic rings. The summed E-state index contributed by atoms with van der Waals surface area (Å²) >= 11 is 0. The number of carbonyl (C=O) groups is 1. The van der Waals surface area contributed by atoms with Gasteiger partial charge in [0.25, 0.3) is 0 Å². The van der Waals surface area contributed by atoms with Gasteiger partial charge in [-0.3, -0.25) is 4.79 Å². The lowest BCUT2D eigenvalue weighted by molar-refractivity contribution is 0.104. The second-order valence-electron chi connectivity index (χ2n) is 10.7. The molecular weight excluding hydrogens is 452 g/mol. The number of phenolic OH excluding ortho intramolecular Hbond substituents is 1. The van der Waals surface area contributed by atoms with E-state index in [1.54, 1.807) is 6.08 Å². The van der Waals surface area contributed by atoms with Crippen LogP contribution in [0.3, 0.4) is 0 Å². The Labute approximate surface area is 227 Å². The van der Waals surface area contributed by atoms with Crippen LogP contribution in [0, 0.1) is 0 Å². The summed E-state index contributed by atoms with van der Waals surface area (Å²) < 4.78 is 0. The molecule has 0 heterocycles. The molecule has 204 valence electrons. The van der Waals surface area contributed by atoms with Crippen molar-refractivity contribution in [1.29, 1.82) is 0 Å². The minimum absolute atomic E-state index is 0.00412. The molecular formula is C35H52O2. The highest BCUT2D eigenvalue weighted by Crippen LogP contribution is 2.39. The molecule has 3 unspecified atom stereocenters. The molecule has 0 radical (unpaired) electrons. The van der Waals surface area contributed by atoms with E-state index in [1.807, 2.05) is 12.1 Å². The SMILES string of the molecule is CCCC(CC)c1cc(O)c(C(CC)CCC)c(C(=O)/C=C/c2cc(CC)ccc2C(CC)CCC)c1. The summed E-state index contributed by atoms with van der Waals surface area (Å²) in [5.41, 5.74) is 6.42. The van der Waals surface area contributed by atoms with Crippen LogP contribution in [0.2, 0.25) is 0 Å². The van der Waals surface area contributed by atoms with E-state index in [0.717, 1.165) is 80.9 Å². The maximum atomic E-state index is 13.9. The van der Waals surface area contributed by atoms with Gasteiger partial charge >= 0.3 is 0 Å². The summed E-state index contributed by atoms with van der Waals surface area (Å²) in [4.78, 5) is 13.9. The van der Waals surface area contributed by atoms with Crippen molar-refractivity contribution in [2.45, 2.75) is 130 Å². The van der Waals surface area contributed by atoms with Crippen LogP contribution in [0.4, 0.5) is 0 Å². The van der Waals surface area contributed by atoms with Gasteiger partial charge in [0.15, 0.2) is 5.78 Å². The summed E-state index contributed by atoms with van der Waals surface area (Å²) in [6.07, 6.45) is 14.2. The predicted molar refractivity (Wildman–Crippen MR) is 161 cm³/mol. The molecule has 0 aliphatic carbocycles. The van der Waals surface area contributed by atoms with Gasteiger partial charge < -0.3 is 5.11 Å². The Balaban J connectivity index is 2.62. The Morgan fingerprint density at radius 3 is 1.95 bits per heavy atom. The minimum Gasteiger partial charge on any atom is -0.508 e. The first-order chi connectivity index (χ1) is 17.9. The van der Waals surface area contributed by atoms with E-state index >= 15 is 0 Å². The predicted octanol–water partition coefficient (Wildman–Crippen LogP) is 10.7. The number of allylic oxidation sites excluding steroid dienone is 1. The van der Waals surface area contributed by atoms with E-state index in [4.69, 9.17) is 0 Å². The van der Waals surface area contributed by atoms with E-state index in [9.17, 15) is 9.90 Å². The van der Waals surface area contributed by atoms with E-state index in [-0.39, 0.29) is 11.7 Å². The van der Waals surface area contributed by atoms with Crippen molar-refractivity contribution in [1.82, 2.24) is 0 Å². The van der Waals surface area contributed by atoms with Gasteiger partial charge in [0, 0.05) is 11.1 Å². The van der Waals surface area contributed by atoms with Crippen LogP contribution in [-0.2, 0) is 6.42 Å². The first-order valence-electron chi connectivity index (χ1n) is 15.1. The van der Waals surface area contributed by atoms with Gasteiger partial charge in [-0.2, -0.15) is 0 Å². The largest absolute Gasteiger partial charge is 0.508 e. The quantitative estimate of drug-likeness (QED) is 0.182. The van der Waals surface area contributed by atoms with Crippen molar-refractivity contribution in [3.8, 4) is 5.75 Å². The van der Waals surface area contributed by atoms with Gasteiger partial charge in [0.2, 0.25) is 0 Å². The fraction of sp³-hybridized carbons (Fsp3) is 0.571. The van der Waals surface area contributed by atoms with Crippen LogP contribution in [0.1, 0.15) is 162 Å². The molecule has 0 spiro atoms. The van der Waals surface area contributed by atoms with Crippen molar-refractivity contribution >= 4 is 11.9 Å². The van der Waals surface area contributed by atoms with E-state index in [2.05, 4.69) is 72.7 Å². The molecule has 0 saturated heterocycles. The number of rotatable bonds is 16. The molecule has 37 heavy (non-hydrogen) atoms. The number of carbonyl (C=O) groups excluding carboxylic acids is 1. The normalized spacial score (nSPS) is 14.1. The number of aromatic hydroxyl groups is 1. The number of aryl methyl sites for hydroxylation is 1. The van der Waals surface area contributed by atoms with Crippen molar-refractivity contribution in [2.24, 2.45) is 0 Å². The molecule has 0 aliphatic heterocycles. The highest BCUT2D eigenvalue weighted by Gasteiger charge is 2.23. The van der Waals surface area contributed by atoms with Gasteiger partial charge in [0.05, 0.1) is 0 Å². The Bertz CT molecular complexity index is 1020. The number of benzene rings is 2. The second kappa shape index (κ2) is 15.8. The van der Waals surface area contributed by atoms with E-state index < -0.39 is 0 Å². The van der Waals surface area contributed by atoms with E-state index in [0.29, 0.717) is 23.1 Å². The van der Waals surface area contributed by atoms with Gasteiger partial charge in [-0.05, 0) is 103 Å². The maximum Gasteiger partial charge on any atom is 0.186 e. The number of phenols is 1. The molecule has 2 aromatic rings. The van der Waals surface area contributed by atoms with Gasteiger partial charge in [-0.1, -0.05) is 92.0 Å². The van der Waals surface area contributed by atoms with Crippen LogP contribution in [-0.4, -0.2) is 10.9 Å². The fourth-order valence-corrected chi connectivity index (χ4v) is 5.93. The van der Waals surface area contributed by atoms with Crippen LogP contribution in [0.25, 0.3) is 6.08 Å². The second-order valence-corrected chi connectivity index (χ2v) is 10.7. The molecule has 2 rings (SSSR count). The molecule has 2 nitrogen and oxygen atoms in total. The first-order valence-corrected chi connectivity index (χ1v) is 15.1. The number of hydrogen-bond donors (Lipinski definition) is 1. The molecule has 2 heteroatoms. The third-order valence-corrected chi connectivity index (χ3v) is 8.13. The Kier molecular flexibility index (Phi) is 13.2. The standard InChI is InChI=1S/C35H52O2/c1-8-15-26(12-5)30-23-32(35(34(37)24-30)28(14-7)17-10-3)33(36)21-19-29-22-25(11-4)18-20-31(29)27(13-6)16-9-2/h18-24,26-28,37H,8-17H2,1-7H3/b21-19+. The van der Waals surface area contributed by atoms with Crippen molar-refractivity contribution in [2.75, 3.05) is 0 Å². The molecule has 0 saturated carbocycles. The molecule has 3 atom stereocenters. The van der Waals surface area contributed by atoms with Gasteiger partial charge in [-0.25, -0.2) is 0 Å². The average Bonchev–Trinajstić information content (AvgIpc) is 2.91. The molecule has 0 fully saturated rings. The minimum atomic E-state index is 0.00412. The number of hydrogen-bond acceptors (Lipinski definition) is 2. The van der Waals surface area contributed by atoms with Crippen molar-refractivity contribution < 1.29 is 9.90 Å². The topological polar surface area (TPSA) is 37.3 Å². The maximum absolute atomic E-state index is 13.9. The molecule has 0 bridgehead atoms. The average molecular weight is 505 g/mol. The zero-order valence-corrected chi connectivity index (χ0v) is 24.7. The lowest BCUT2D eigenvalue weighted by Crippen LogP contribution is -2.09. The van der Waals surface area contributed by atoms with Gasteiger partial charge in [0.1, 0.15) is 5.75 Å². The smallest absolute Gasteiger partial charge is 0.186 e. The third kappa shape index (κ3) is 8.06. The molecule has 2 aromatic carbocycles. The van der Waals surface area contributed by atoms with Crippen molar-refractivity contribution in [3.63, 3.8) is 0 Å². The van der Waals surface area contributed by atoms with Crippen LogP contribution in [0.5, 0.6) is 5.75 Å².